The first-order chi connectivity index (χ1) is 12.1. The maximum atomic E-state index is 12.5. The molecule has 2 aromatic rings. The second-order valence-electron chi connectivity index (χ2n) is 5.73. The summed E-state index contributed by atoms with van der Waals surface area (Å²) < 4.78 is 5.42. The fraction of sp³-hybridized carbons (Fsp3) is 0.211. The molecule has 0 spiro atoms. The molecule has 0 saturated heterocycles. The van der Waals surface area contributed by atoms with Gasteiger partial charge in [-0.1, -0.05) is 36.4 Å². The number of non-ortho nitro benzene ring substituents is 1. The van der Waals surface area contributed by atoms with Crippen molar-refractivity contribution in [1.82, 2.24) is 4.90 Å². The highest BCUT2D eigenvalue weighted by molar-refractivity contribution is 5.82. The number of ether oxygens (including phenoxy) is 1. The summed E-state index contributed by atoms with van der Waals surface area (Å²) in [5, 5.41) is 10.8. The van der Waals surface area contributed by atoms with Crippen molar-refractivity contribution in [1.29, 1.82) is 0 Å². The van der Waals surface area contributed by atoms with E-state index in [1.807, 2.05) is 36.4 Å². The van der Waals surface area contributed by atoms with Crippen LogP contribution in [0.15, 0.2) is 60.7 Å². The summed E-state index contributed by atoms with van der Waals surface area (Å²) >= 11 is 0. The van der Waals surface area contributed by atoms with Crippen LogP contribution < -0.4 is 0 Å². The van der Waals surface area contributed by atoms with Crippen molar-refractivity contribution in [3.63, 3.8) is 0 Å². The number of carbonyl (C=O) groups is 1. The van der Waals surface area contributed by atoms with Crippen LogP contribution in [0.25, 0.3) is 5.70 Å². The molecule has 128 valence electrons. The van der Waals surface area contributed by atoms with Crippen molar-refractivity contribution in [2.45, 2.75) is 19.4 Å². The Balaban J connectivity index is 1.73. The third-order valence-electron chi connectivity index (χ3n) is 4.01. The fourth-order valence-corrected chi connectivity index (χ4v) is 2.73. The van der Waals surface area contributed by atoms with Crippen LogP contribution >= 0.6 is 0 Å². The van der Waals surface area contributed by atoms with Gasteiger partial charge in [-0.05, 0) is 36.1 Å². The Hall–Kier alpha value is -3.15. The van der Waals surface area contributed by atoms with E-state index in [2.05, 4.69) is 0 Å². The number of hydrogen-bond donors (Lipinski definition) is 0. The molecule has 0 aliphatic carbocycles. The number of nitrogens with zero attached hydrogens (tertiary/aromatic N) is 2. The molecular weight excluding hydrogens is 320 g/mol. The maximum absolute atomic E-state index is 12.5. The van der Waals surface area contributed by atoms with E-state index in [0.717, 1.165) is 29.7 Å². The summed E-state index contributed by atoms with van der Waals surface area (Å²) in [6, 6.07) is 15.7. The first-order valence-electron chi connectivity index (χ1n) is 8.08. The smallest absolute Gasteiger partial charge is 0.414 e. The van der Waals surface area contributed by atoms with Crippen LogP contribution in [0.4, 0.5) is 10.5 Å². The van der Waals surface area contributed by atoms with Crippen LogP contribution in [-0.4, -0.2) is 22.5 Å². The number of amides is 1. The predicted octanol–water partition coefficient (Wildman–Crippen LogP) is 4.37. The van der Waals surface area contributed by atoms with E-state index in [1.54, 1.807) is 17.0 Å². The highest BCUT2D eigenvalue weighted by Gasteiger charge is 2.23. The molecule has 0 fully saturated rings. The molecule has 0 saturated carbocycles. The van der Waals surface area contributed by atoms with Gasteiger partial charge in [0, 0.05) is 18.7 Å². The van der Waals surface area contributed by atoms with E-state index < -0.39 is 11.0 Å². The molecule has 1 aliphatic heterocycles. The monoisotopic (exact) mass is 338 g/mol. The zero-order chi connectivity index (χ0) is 17.6. The van der Waals surface area contributed by atoms with Crippen LogP contribution in [0.2, 0.25) is 0 Å². The van der Waals surface area contributed by atoms with E-state index in [1.165, 1.54) is 12.1 Å². The number of allylic oxidation sites excluding steroid dienone is 1. The van der Waals surface area contributed by atoms with Crippen LogP contribution in [0.3, 0.4) is 0 Å². The molecule has 0 N–H and O–H groups in total. The first-order valence-corrected chi connectivity index (χ1v) is 8.08. The summed E-state index contributed by atoms with van der Waals surface area (Å²) in [7, 11) is 0. The molecule has 6 nitrogen and oxygen atoms in total. The van der Waals surface area contributed by atoms with Crippen molar-refractivity contribution < 1.29 is 14.5 Å². The summed E-state index contributed by atoms with van der Waals surface area (Å²) in [5.41, 5.74) is 2.45. The molecular formula is C19H18N2O4. The minimum absolute atomic E-state index is 0.0263. The molecule has 1 amide bonds. The second kappa shape index (κ2) is 7.61. The zero-order valence-corrected chi connectivity index (χ0v) is 13.6. The second-order valence-corrected chi connectivity index (χ2v) is 5.73. The van der Waals surface area contributed by atoms with E-state index in [0.29, 0.717) is 6.54 Å². The number of nitro groups is 1. The normalized spacial score (nSPS) is 13.9. The quantitative estimate of drug-likeness (QED) is 0.613. The van der Waals surface area contributed by atoms with Gasteiger partial charge >= 0.3 is 6.09 Å². The Morgan fingerprint density at radius 3 is 2.52 bits per heavy atom. The van der Waals surface area contributed by atoms with Crippen molar-refractivity contribution in [2.24, 2.45) is 0 Å². The van der Waals surface area contributed by atoms with Crippen molar-refractivity contribution in [2.75, 3.05) is 6.54 Å². The van der Waals surface area contributed by atoms with Crippen molar-refractivity contribution >= 4 is 17.5 Å². The number of hydrogen-bond acceptors (Lipinski definition) is 4. The SMILES string of the molecule is O=C(OCc1ccccc1)N1CCCC=C1c1ccc([N+](=O)[O-])cc1. The molecule has 1 aliphatic rings. The van der Waals surface area contributed by atoms with Crippen LogP contribution in [0.1, 0.15) is 24.0 Å². The van der Waals surface area contributed by atoms with Gasteiger partial charge < -0.3 is 4.74 Å². The van der Waals surface area contributed by atoms with Gasteiger partial charge in [0.05, 0.1) is 10.6 Å². The molecule has 0 radical (unpaired) electrons. The number of benzene rings is 2. The first kappa shape index (κ1) is 16.7. The topological polar surface area (TPSA) is 72.7 Å². The lowest BCUT2D eigenvalue weighted by molar-refractivity contribution is -0.384. The molecule has 3 rings (SSSR count). The molecule has 0 aromatic heterocycles. The zero-order valence-electron chi connectivity index (χ0n) is 13.6. The van der Waals surface area contributed by atoms with Gasteiger partial charge in [0.15, 0.2) is 0 Å². The van der Waals surface area contributed by atoms with E-state index in [-0.39, 0.29) is 12.3 Å². The van der Waals surface area contributed by atoms with Crippen LogP contribution in [-0.2, 0) is 11.3 Å². The minimum Gasteiger partial charge on any atom is -0.444 e. The third-order valence-corrected chi connectivity index (χ3v) is 4.01. The van der Waals surface area contributed by atoms with Crippen molar-refractivity contribution in [3.05, 3.63) is 81.9 Å². The Morgan fingerprint density at radius 2 is 1.84 bits per heavy atom. The van der Waals surface area contributed by atoms with E-state index in [4.69, 9.17) is 4.74 Å². The van der Waals surface area contributed by atoms with E-state index in [9.17, 15) is 14.9 Å². The van der Waals surface area contributed by atoms with Gasteiger partial charge in [-0.2, -0.15) is 0 Å². The molecule has 6 heteroatoms. The van der Waals surface area contributed by atoms with Gasteiger partial charge in [-0.3, -0.25) is 15.0 Å². The van der Waals surface area contributed by atoms with Gasteiger partial charge in [-0.15, -0.1) is 0 Å². The summed E-state index contributed by atoms with van der Waals surface area (Å²) in [6.45, 7) is 0.778. The average molecular weight is 338 g/mol. The molecule has 0 atom stereocenters. The summed E-state index contributed by atoms with van der Waals surface area (Å²) in [4.78, 5) is 24.4. The lowest BCUT2D eigenvalue weighted by Crippen LogP contribution is -2.33. The molecule has 2 aromatic carbocycles. The number of carbonyl (C=O) groups excluding carboxylic acids is 1. The Bertz CT molecular complexity index is 785. The lowest BCUT2D eigenvalue weighted by Gasteiger charge is -2.28. The van der Waals surface area contributed by atoms with Gasteiger partial charge in [0.1, 0.15) is 6.61 Å². The number of nitro benzene ring substituents is 1. The molecule has 1 heterocycles. The molecule has 25 heavy (non-hydrogen) atoms. The maximum Gasteiger partial charge on any atom is 0.414 e. The van der Waals surface area contributed by atoms with Crippen LogP contribution in [0, 0.1) is 10.1 Å². The summed E-state index contributed by atoms with van der Waals surface area (Å²) in [6.07, 6.45) is 3.27. The van der Waals surface area contributed by atoms with Gasteiger partial charge in [0.2, 0.25) is 0 Å². The number of rotatable bonds is 4. The summed E-state index contributed by atoms with van der Waals surface area (Å²) in [5.74, 6) is 0. The minimum atomic E-state index is -0.440. The van der Waals surface area contributed by atoms with Crippen molar-refractivity contribution in [3.8, 4) is 0 Å². The Labute approximate surface area is 145 Å². The largest absolute Gasteiger partial charge is 0.444 e. The highest BCUT2D eigenvalue weighted by Crippen LogP contribution is 2.27. The fourth-order valence-electron chi connectivity index (χ4n) is 2.73. The lowest BCUT2D eigenvalue weighted by atomic mass is 10.1. The standard InChI is InChI=1S/C19H18N2O4/c22-19(25-14-15-6-2-1-3-7-15)20-13-5-4-8-18(20)16-9-11-17(12-10-16)21(23)24/h1-3,6-12H,4-5,13-14H2. The van der Waals surface area contributed by atoms with E-state index >= 15 is 0 Å². The third kappa shape index (κ3) is 4.03. The van der Waals surface area contributed by atoms with Crippen LogP contribution in [0.5, 0.6) is 0 Å². The van der Waals surface area contributed by atoms with Gasteiger partial charge in [-0.25, -0.2) is 4.79 Å². The highest BCUT2D eigenvalue weighted by atomic mass is 16.6. The molecule has 0 unspecified atom stereocenters. The Morgan fingerprint density at radius 1 is 1.12 bits per heavy atom. The predicted molar refractivity (Wildman–Crippen MR) is 93.6 cm³/mol. The Kier molecular flexibility index (Phi) is 5.09. The average Bonchev–Trinajstić information content (AvgIpc) is 2.67. The van der Waals surface area contributed by atoms with Gasteiger partial charge in [0.25, 0.3) is 5.69 Å². The molecule has 0 bridgehead atoms.